The van der Waals surface area contributed by atoms with Crippen LogP contribution in [-0.4, -0.2) is 61.7 Å². The van der Waals surface area contributed by atoms with E-state index in [0.717, 1.165) is 19.1 Å². The summed E-state index contributed by atoms with van der Waals surface area (Å²) in [6.07, 6.45) is 6.65. The van der Waals surface area contributed by atoms with Crippen LogP contribution in [0.2, 0.25) is 0 Å². The summed E-state index contributed by atoms with van der Waals surface area (Å²) in [6.45, 7) is 11.0. The first-order valence-corrected chi connectivity index (χ1v) is 7.50. The maximum Gasteiger partial charge on any atom is 0.0148 e. The first kappa shape index (κ1) is 13.3. The molecule has 2 aliphatic rings. The van der Waals surface area contributed by atoms with Crippen LogP contribution < -0.4 is 5.32 Å². The third-order valence-corrected chi connectivity index (χ3v) is 4.21. The molecule has 2 fully saturated rings. The zero-order chi connectivity index (χ0) is 11.9. The van der Waals surface area contributed by atoms with E-state index in [0.29, 0.717) is 0 Å². The van der Waals surface area contributed by atoms with Crippen LogP contribution in [0.1, 0.15) is 39.0 Å². The average Bonchev–Trinajstić information content (AvgIpc) is 2.63. The van der Waals surface area contributed by atoms with Gasteiger partial charge in [-0.25, -0.2) is 5.32 Å². The van der Waals surface area contributed by atoms with Gasteiger partial charge in [0.2, 0.25) is 0 Å². The molecule has 2 rings (SSSR count). The molecule has 0 unspecified atom stereocenters. The van der Waals surface area contributed by atoms with Gasteiger partial charge in [-0.05, 0) is 45.3 Å². The van der Waals surface area contributed by atoms with E-state index < -0.39 is 0 Å². The molecule has 2 heterocycles. The van der Waals surface area contributed by atoms with Crippen molar-refractivity contribution in [3.05, 3.63) is 0 Å². The van der Waals surface area contributed by atoms with E-state index in [2.05, 4.69) is 22.0 Å². The van der Waals surface area contributed by atoms with Gasteiger partial charge in [-0.1, -0.05) is 13.3 Å². The van der Waals surface area contributed by atoms with Crippen molar-refractivity contribution < 1.29 is 0 Å². The fraction of sp³-hybridized carbons (Fsp3) is 1.00. The number of nitrogens with zero attached hydrogens (tertiary/aromatic N) is 3. The van der Waals surface area contributed by atoms with Crippen LogP contribution >= 0.6 is 0 Å². The topological polar surface area (TPSA) is 20.6 Å². The second-order valence-electron chi connectivity index (χ2n) is 5.49. The van der Waals surface area contributed by atoms with Gasteiger partial charge in [0.25, 0.3) is 0 Å². The van der Waals surface area contributed by atoms with E-state index in [1.165, 1.54) is 64.8 Å². The van der Waals surface area contributed by atoms with Crippen LogP contribution in [-0.2, 0) is 0 Å². The van der Waals surface area contributed by atoms with E-state index in [4.69, 9.17) is 0 Å². The molecule has 0 aromatic carbocycles. The minimum atomic E-state index is 0.832. The number of hydrogen-bond acceptors (Lipinski definition) is 2. The third kappa shape index (κ3) is 4.23. The fourth-order valence-corrected chi connectivity index (χ4v) is 3.06. The Labute approximate surface area is 107 Å². The summed E-state index contributed by atoms with van der Waals surface area (Å²) in [6, 6.07) is 0.832. The largest absolute Gasteiger partial charge is 0.302 e. The van der Waals surface area contributed by atoms with E-state index in [-0.39, 0.29) is 0 Å². The van der Waals surface area contributed by atoms with Crippen molar-refractivity contribution in [3.63, 3.8) is 0 Å². The molecule has 0 amide bonds. The fourth-order valence-electron chi connectivity index (χ4n) is 3.06. The van der Waals surface area contributed by atoms with Crippen LogP contribution in [0.3, 0.4) is 0 Å². The number of unbranched alkanes of at least 4 members (excludes halogenated alkanes) is 1. The normalized spacial score (nSPS) is 25.9. The molecule has 0 aromatic heterocycles. The Morgan fingerprint density at radius 2 is 1.88 bits per heavy atom. The lowest BCUT2D eigenvalue weighted by Crippen LogP contribution is -2.43. The van der Waals surface area contributed by atoms with Crippen molar-refractivity contribution >= 4 is 0 Å². The molecule has 0 N–H and O–H groups in total. The molecule has 99 valence electrons. The Kier molecular flexibility index (Phi) is 5.75. The monoisotopic (exact) mass is 238 g/mol. The quantitative estimate of drug-likeness (QED) is 0.741. The van der Waals surface area contributed by atoms with E-state index >= 15 is 0 Å². The predicted molar refractivity (Wildman–Crippen MR) is 72.4 cm³/mol. The number of hydrogen-bond donors (Lipinski definition) is 0. The van der Waals surface area contributed by atoms with Crippen molar-refractivity contribution in [3.8, 4) is 0 Å². The lowest BCUT2D eigenvalue weighted by molar-refractivity contribution is 0.164. The molecular weight excluding hydrogens is 210 g/mol. The second kappa shape index (κ2) is 7.34. The molecule has 0 bridgehead atoms. The molecule has 1 radical (unpaired) electrons. The Bertz CT molecular complexity index is 202. The Hall–Kier alpha value is -0.120. The van der Waals surface area contributed by atoms with E-state index in [1.54, 1.807) is 0 Å². The van der Waals surface area contributed by atoms with Crippen molar-refractivity contribution in [1.82, 2.24) is 15.1 Å². The standard InChI is InChI=1S/C14H28N3/c1-2-3-9-16-10-4-11-17(13-12-16)14-5-7-15-8-6-14/h14H,2-13H2,1H3. The Morgan fingerprint density at radius 3 is 2.65 bits per heavy atom. The minimum Gasteiger partial charge on any atom is -0.302 e. The van der Waals surface area contributed by atoms with Gasteiger partial charge >= 0.3 is 0 Å². The van der Waals surface area contributed by atoms with Crippen molar-refractivity contribution in [2.24, 2.45) is 0 Å². The van der Waals surface area contributed by atoms with Gasteiger partial charge in [0.1, 0.15) is 0 Å². The summed E-state index contributed by atoms with van der Waals surface area (Å²) >= 11 is 0. The van der Waals surface area contributed by atoms with Crippen molar-refractivity contribution in [2.45, 2.75) is 45.1 Å². The maximum atomic E-state index is 4.46. The van der Waals surface area contributed by atoms with Gasteiger partial charge in [-0.3, -0.25) is 4.90 Å². The number of piperidine rings is 1. The van der Waals surface area contributed by atoms with Gasteiger partial charge in [-0.2, -0.15) is 0 Å². The first-order chi connectivity index (χ1) is 8.40. The highest BCUT2D eigenvalue weighted by Gasteiger charge is 2.23. The zero-order valence-electron chi connectivity index (χ0n) is 11.4. The first-order valence-electron chi connectivity index (χ1n) is 7.50. The van der Waals surface area contributed by atoms with Crippen LogP contribution in [0.25, 0.3) is 0 Å². The summed E-state index contributed by atoms with van der Waals surface area (Å²) in [4.78, 5) is 5.40. The van der Waals surface area contributed by atoms with Gasteiger partial charge in [0.05, 0.1) is 0 Å². The SMILES string of the molecule is CCCCN1CCCN(C2CC[N]CC2)CC1. The molecule has 3 nitrogen and oxygen atoms in total. The highest BCUT2D eigenvalue weighted by molar-refractivity contribution is 4.80. The zero-order valence-corrected chi connectivity index (χ0v) is 11.4. The summed E-state index contributed by atoms with van der Waals surface area (Å²) in [7, 11) is 0. The summed E-state index contributed by atoms with van der Waals surface area (Å²) in [5.41, 5.74) is 0. The highest BCUT2D eigenvalue weighted by Crippen LogP contribution is 2.15. The smallest absolute Gasteiger partial charge is 0.0148 e. The number of rotatable bonds is 4. The molecule has 3 heteroatoms. The molecular formula is C14H28N3. The van der Waals surface area contributed by atoms with Crippen LogP contribution in [0.4, 0.5) is 0 Å². The minimum absolute atomic E-state index is 0.832. The van der Waals surface area contributed by atoms with Gasteiger partial charge in [-0.15, -0.1) is 0 Å². The van der Waals surface area contributed by atoms with Crippen molar-refractivity contribution in [1.29, 1.82) is 0 Å². The Balaban J connectivity index is 1.74. The second-order valence-corrected chi connectivity index (χ2v) is 5.49. The molecule has 0 saturated carbocycles. The summed E-state index contributed by atoms with van der Waals surface area (Å²) < 4.78 is 0. The summed E-state index contributed by atoms with van der Waals surface area (Å²) in [5, 5.41) is 4.46. The van der Waals surface area contributed by atoms with Gasteiger partial charge in [0, 0.05) is 32.2 Å². The molecule has 0 atom stereocenters. The highest BCUT2D eigenvalue weighted by atomic mass is 15.2. The molecule has 0 aromatic rings. The van der Waals surface area contributed by atoms with E-state index in [1.807, 2.05) is 0 Å². The van der Waals surface area contributed by atoms with E-state index in [9.17, 15) is 0 Å². The Morgan fingerprint density at radius 1 is 1.06 bits per heavy atom. The van der Waals surface area contributed by atoms with Crippen LogP contribution in [0, 0.1) is 0 Å². The molecule has 17 heavy (non-hydrogen) atoms. The molecule has 2 saturated heterocycles. The maximum absolute atomic E-state index is 4.46. The average molecular weight is 238 g/mol. The van der Waals surface area contributed by atoms with Crippen LogP contribution in [0.15, 0.2) is 0 Å². The molecule has 2 aliphatic heterocycles. The van der Waals surface area contributed by atoms with Gasteiger partial charge < -0.3 is 4.90 Å². The molecule has 0 aliphatic carbocycles. The van der Waals surface area contributed by atoms with Gasteiger partial charge in [0.15, 0.2) is 0 Å². The summed E-state index contributed by atoms with van der Waals surface area (Å²) in [5.74, 6) is 0. The third-order valence-electron chi connectivity index (χ3n) is 4.21. The lowest BCUT2D eigenvalue weighted by atomic mass is 10.0. The van der Waals surface area contributed by atoms with Crippen LogP contribution in [0.5, 0.6) is 0 Å². The van der Waals surface area contributed by atoms with Crippen molar-refractivity contribution in [2.75, 3.05) is 45.8 Å². The lowest BCUT2D eigenvalue weighted by Gasteiger charge is -2.33. The molecule has 0 spiro atoms. The predicted octanol–water partition coefficient (Wildman–Crippen LogP) is 1.56.